The van der Waals surface area contributed by atoms with Crippen LogP contribution in [0.25, 0.3) is 11.3 Å². The van der Waals surface area contributed by atoms with Crippen LogP contribution in [0.3, 0.4) is 0 Å². The number of hydrogen-bond acceptors (Lipinski definition) is 6. The molecule has 31 heavy (non-hydrogen) atoms. The molecule has 3 aromatic rings. The number of carbonyl (C=O) groups is 2. The van der Waals surface area contributed by atoms with Crippen LogP contribution in [0.15, 0.2) is 42.7 Å². The van der Waals surface area contributed by atoms with Crippen LogP contribution in [-0.4, -0.2) is 46.4 Å². The van der Waals surface area contributed by atoms with Crippen LogP contribution < -0.4 is 15.0 Å². The van der Waals surface area contributed by atoms with Gasteiger partial charge in [-0.15, -0.1) is 0 Å². The second-order valence-corrected chi connectivity index (χ2v) is 6.42. The molecule has 0 saturated carbocycles. The molecule has 2 aromatic heterocycles. The SMILES string of the molecule is [2H]C([2H])([2H])c1cnc(C(=O)N[C@H]2COc3cc(F)cnc3N(C([2H])([2H])[2H])C2=O)nc1-c1ccccc1F. The number of anilines is 1. The summed E-state index contributed by atoms with van der Waals surface area (Å²) in [5.74, 6) is -5.30. The Morgan fingerprint density at radius 3 is 2.90 bits per heavy atom. The first-order valence-electron chi connectivity index (χ1n) is 11.8. The Morgan fingerprint density at radius 1 is 1.29 bits per heavy atom. The lowest BCUT2D eigenvalue weighted by atomic mass is 10.1. The molecule has 1 atom stereocenters. The molecule has 2 amide bonds. The largest absolute Gasteiger partial charge is 0.487 e. The first-order valence-corrected chi connectivity index (χ1v) is 8.83. The third-order valence-corrected chi connectivity index (χ3v) is 4.36. The number of likely N-dealkylation sites (N-methyl/N-ethyl adjacent to an activating group) is 1. The highest BCUT2D eigenvalue weighted by molar-refractivity contribution is 6.01. The number of rotatable bonds is 3. The zero-order valence-electron chi connectivity index (χ0n) is 21.6. The molecule has 0 fully saturated rings. The maximum atomic E-state index is 14.5. The zero-order valence-corrected chi connectivity index (χ0v) is 15.6. The summed E-state index contributed by atoms with van der Waals surface area (Å²) < 4.78 is 79.8. The summed E-state index contributed by atoms with van der Waals surface area (Å²) in [4.78, 5) is 37.7. The van der Waals surface area contributed by atoms with Crippen LogP contribution in [0.1, 0.15) is 24.4 Å². The second kappa shape index (κ2) is 8.05. The van der Waals surface area contributed by atoms with E-state index in [1.807, 2.05) is 0 Å². The number of amides is 2. The first kappa shape index (κ1) is 14.1. The molecular weight excluding hydrogens is 408 g/mol. The Hall–Kier alpha value is -3.95. The molecule has 0 unspecified atom stereocenters. The maximum absolute atomic E-state index is 14.5. The summed E-state index contributed by atoms with van der Waals surface area (Å²) in [5.41, 5.74) is -0.978. The van der Waals surface area contributed by atoms with Crippen LogP contribution in [0, 0.1) is 18.5 Å². The number of aromatic nitrogens is 3. The Bertz CT molecular complexity index is 1390. The van der Waals surface area contributed by atoms with E-state index < -0.39 is 67.1 Å². The highest BCUT2D eigenvalue weighted by Gasteiger charge is 2.32. The molecule has 0 saturated heterocycles. The molecule has 0 radical (unpaired) electrons. The third kappa shape index (κ3) is 3.91. The summed E-state index contributed by atoms with van der Waals surface area (Å²) in [6.45, 7) is -6.40. The normalized spacial score (nSPS) is 19.4. The van der Waals surface area contributed by atoms with Crippen LogP contribution >= 0.6 is 0 Å². The van der Waals surface area contributed by atoms with E-state index in [0.29, 0.717) is 11.1 Å². The van der Waals surface area contributed by atoms with Crippen molar-refractivity contribution in [2.75, 3.05) is 18.5 Å². The number of halogens is 2. The number of nitrogens with zero attached hydrogens (tertiary/aromatic N) is 4. The number of benzene rings is 1. The molecule has 4 rings (SSSR count). The number of fused-ring (bicyclic) bond motifs is 1. The van der Waals surface area contributed by atoms with Gasteiger partial charge in [0, 0.05) is 33.0 Å². The Labute approximate surface area is 184 Å². The van der Waals surface area contributed by atoms with E-state index in [0.717, 1.165) is 18.3 Å². The van der Waals surface area contributed by atoms with E-state index in [1.165, 1.54) is 18.2 Å². The lowest BCUT2D eigenvalue weighted by Gasteiger charge is -2.19. The summed E-state index contributed by atoms with van der Waals surface area (Å²) in [5, 5.41) is 2.24. The summed E-state index contributed by atoms with van der Waals surface area (Å²) >= 11 is 0. The fourth-order valence-corrected chi connectivity index (χ4v) is 2.87. The number of nitrogens with one attached hydrogen (secondary N) is 1. The average molecular weight is 431 g/mol. The number of hydrogen-bond donors (Lipinski definition) is 1. The third-order valence-electron chi connectivity index (χ3n) is 4.36. The number of carbonyl (C=O) groups excluding carboxylic acids is 2. The zero-order chi connectivity index (χ0) is 27.1. The smallest absolute Gasteiger partial charge is 0.289 e. The molecule has 0 bridgehead atoms. The predicted octanol–water partition coefficient (Wildman–Crippen LogP) is 2.28. The molecular formula is C21H17F2N5O3. The van der Waals surface area contributed by atoms with Crippen LogP contribution in [-0.2, 0) is 4.79 Å². The number of pyridine rings is 1. The van der Waals surface area contributed by atoms with Gasteiger partial charge in [-0.2, -0.15) is 0 Å². The van der Waals surface area contributed by atoms with Gasteiger partial charge in [0.2, 0.25) is 5.82 Å². The minimum atomic E-state index is -3.07. The molecule has 1 N–H and O–H groups in total. The minimum absolute atomic E-state index is 0.198. The van der Waals surface area contributed by atoms with Gasteiger partial charge in [0.25, 0.3) is 11.8 Å². The molecule has 3 heterocycles. The molecule has 10 heteroatoms. The van der Waals surface area contributed by atoms with Gasteiger partial charge in [-0.3, -0.25) is 14.5 Å². The molecule has 1 aromatic carbocycles. The van der Waals surface area contributed by atoms with Crippen molar-refractivity contribution >= 4 is 17.6 Å². The van der Waals surface area contributed by atoms with Gasteiger partial charge >= 0.3 is 0 Å². The van der Waals surface area contributed by atoms with Crippen molar-refractivity contribution in [3.05, 3.63) is 65.7 Å². The fraction of sp³-hybridized carbons (Fsp3) is 0.190. The minimum Gasteiger partial charge on any atom is -0.487 e. The summed E-state index contributed by atoms with van der Waals surface area (Å²) in [6, 6.07) is 4.43. The summed E-state index contributed by atoms with van der Waals surface area (Å²) in [7, 11) is 0. The molecule has 0 spiro atoms. The van der Waals surface area contributed by atoms with E-state index in [4.69, 9.17) is 13.0 Å². The molecule has 1 aliphatic rings. The predicted molar refractivity (Wildman–Crippen MR) is 107 cm³/mol. The topological polar surface area (TPSA) is 97.3 Å². The standard InChI is InChI=1S/C21H17F2N5O3/c1-11-8-24-18(27-17(11)13-5-3-4-6-14(13)23)20(29)26-15-10-31-16-7-12(22)9-25-19(16)28(2)21(15)30/h3-9,15H,10H2,1-2H3,(H,26,29)/t15-/m0/s1/i1D3,2D3. The highest BCUT2D eigenvalue weighted by Crippen LogP contribution is 2.29. The van der Waals surface area contributed by atoms with Gasteiger partial charge in [-0.1, -0.05) is 12.1 Å². The van der Waals surface area contributed by atoms with E-state index in [2.05, 4.69) is 20.3 Å². The van der Waals surface area contributed by atoms with Crippen molar-refractivity contribution in [2.24, 2.45) is 0 Å². The lowest BCUT2D eigenvalue weighted by Crippen LogP contribution is -2.49. The van der Waals surface area contributed by atoms with Crippen LogP contribution in [0.2, 0.25) is 0 Å². The van der Waals surface area contributed by atoms with Crippen molar-refractivity contribution in [1.29, 1.82) is 0 Å². The van der Waals surface area contributed by atoms with Crippen molar-refractivity contribution in [2.45, 2.75) is 12.9 Å². The van der Waals surface area contributed by atoms with Gasteiger partial charge in [-0.25, -0.2) is 23.7 Å². The van der Waals surface area contributed by atoms with Crippen molar-refractivity contribution in [3.8, 4) is 17.0 Å². The molecule has 158 valence electrons. The lowest BCUT2D eigenvalue weighted by molar-refractivity contribution is -0.120. The first-order chi connectivity index (χ1) is 17.3. The average Bonchev–Trinajstić information content (AvgIpc) is 2.94. The highest BCUT2D eigenvalue weighted by atomic mass is 19.1. The Balaban J connectivity index is 1.69. The Kier molecular flexibility index (Phi) is 3.67. The summed E-state index contributed by atoms with van der Waals surface area (Å²) in [6.07, 6.45) is 1.55. The van der Waals surface area contributed by atoms with Gasteiger partial charge in [0.15, 0.2) is 11.6 Å². The van der Waals surface area contributed by atoms with Crippen LogP contribution in [0.5, 0.6) is 5.75 Å². The second-order valence-electron chi connectivity index (χ2n) is 6.42. The van der Waals surface area contributed by atoms with E-state index in [9.17, 15) is 18.4 Å². The quantitative estimate of drug-likeness (QED) is 0.683. The van der Waals surface area contributed by atoms with Gasteiger partial charge in [-0.05, 0) is 24.5 Å². The van der Waals surface area contributed by atoms with E-state index >= 15 is 0 Å². The fourth-order valence-electron chi connectivity index (χ4n) is 2.87. The van der Waals surface area contributed by atoms with Crippen molar-refractivity contribution < 1.29 is 31.3 Å². The molecule has 0 aliphatic carbocycles. The van der Waals surface area contributed by atoms with E-state index in [-0.39, 0.29) is 17.0 Å². The van der Waals surface area contributed by atoms with Crippen molar-refractivity contribution in [3.63, 3.8) is 0 Å². The van der Waals surface area contributed by atoms with Gasteiger partial charge < -0.3 is 10.1 Å². The number of ether oxygens (including phenoxy) is 1. The van der Waals surface area contributed by atoms with Crippen molar-refractivity contribution in [1.82, 2.24) is 20.3 Å². The Morgan fingerprint density at radius 2 is 2.13 bits per heavy atom. The van der Waals surface area contributed by atoms with Gasteiger partial charge in [0.05, 0.1) is 11.9 Å². The monoisotopic (exact) mass is 431 g/mol. The van der Waals surface area contributed by atoms with E-state index in [1.54, 1.807) is 0 Å². The van der Waals surface area contributed by atoms with Gasteiger partial charge in [0.1, 0.15) is 24.3 Å². The van der Waals surface area contributed by atoms with Crippen LogP contribution in [0.4, 0.5) is 14.6 Å². The maximum Gasteiger partial charge on any atom is 0.289 e. The molecule has 1 aliphatic heterocycles. The number of aryl methyl sites for hydroxylation is 1. The molecule has 8 nitrogen and oxygen atoms in total.